The lowest BCUT2D eigenvalue weighted by molar-refractivity contribution is -0.134. The number of benzene rings is 1. The first-order chi connectivity index (χ1) is 10.3. The van der Waals surface area contributed by atoms with Crippen LogP contribution >= 0.6 is 0 Å². The second-order valence-corrected chi connectivity index (χ2v) is 7.64. The monoisotopic (exact) mass is 326 g/mol. The fourth-order valence-corrected chi connectivity index (χ4v) is 3.35. The molecule has 0 bridgehead atoms. The summed E-state index contributed by atoms with van der Waals surface area (Å²) in [6.45, 7) is 5.42. The molecule has 1 amide bonds. The van der Waals surface area contributed by atoms with Crippen molar-refractivity contribution in [3.8, 4) is 5.75 Å². The fraction of sp³-hybridized carbons (Fsp3) is 0.533. The topological polar surface area (TPSA) is 66.9 Å². The second kappa shape index (κ2) is 6.66. The van der Waals surface area contributed by atoms with Crippen molar-refractivity contribution in [3.63, 3.8) is 0 Å². The van der Waals surface area contributed by atoms with Crippen LogP contribution < -0.4 is 4.74 Å². The van der Waals surface area contributed by atoms with Crippen LogP contribution in [-0.4, -0.2) is 62.6 Å². The minimum absolute atomic E-state index is 0.0260. The Hall–Kier alpha value is -1.60. The number of aryl methyl sites for hydroxylation is 2. The van der Waals surface area contributed by atoms with E-state index in [2.05, 4.69) is 0 Å². The quantitative estimate of drug-likeness (QED) is 0.820. The first kappa shape index (κ1) is 16.8. The van der Waals surface area contributed by atoms with Gasteiger partial charge in [0.2, 0.25) is 10.0 Å². The standard InChI is InChI=1S/C15H22N2O4S/c1-12-8-13(2)10-14(9-12)21-11-15(18)16-4-6-17(7-5-16)22(3,19)20/h8-10H,4-7,11H2,1-3H3. The third-order valence-corrected chi connectivity index (χ3v) is 4.92. The minimum Gasteiger partial charge on any atom is -0.484 e. The lowest BCUT2D eigenvalue weighted by Gasteiger charge is -2.33. The molecule has 1 heterocycles. The van der Waals surface area contributed by atoms with E-state index < -0.39 is 10.0 Å². The van der Waals surface area contributed by atoms with Gasteiger partial charge in [0.25, 0.3) is 5.91 Å². The molecular formula is C15H22N2O4S. The number of sulfonamides is 1. The van der Waals surface area contributed by atoms with E-state index in [0.717, 1.165) is 11.1 Å². The van der Waals surface area contributed by atoms with E-state index in [-0.39, 0.29) is 12.5 Å². The maximum Gasteiger partial charge on any atom is 0.260 e. The molecule has 0 aliphatic carbocycles. The molecule has 22 heavy (non-hydrogen) atoms. The Balaban J connectivity index is 1.86. The second-order valence-electron chi connectivity index (χ2n) is 5.65. The van der Waals surface area contributed by atoms with Crippen LogP contribution in [0.1, 0.15) is 11.1 Å². The molecule has 0 saturated carbocycles. The van der Waals surface area contributed by atoms with Crippen molar-refractivity contribution in [1.29, 1.82) is 0 Å². The first-order valence-electron chi connectivity index (χ1n) is 7.20. The summed E-state index contributed by atoms with van der Waals surface area (Å²) in [6.07, 6.45) is 1.19. The molecule has 1 saturated heterocycles. The summed E-state index contributed by atoms with van der Waals surface area (Å²) < 4.78 is 29.8. The van der Waals surface area contributed by atoms with Gasteiger partial charge in [-0.2, -0.15) is 4.31 Å². The van der Waals surface area contributed by atoms with Crippen molar-refractivity contribution in [1.82, 2.24) is 9.21 Å². The van der Waals surface area contributed by atoms with E-state index >= 15 is 0 Å². The van der Waals surface area contributed by atoms with Gasteiger partial charge >= 0.3 is 0 Å². The predicted molar refractivity (Wildman–Crippen MR) is 84.4 cm³/mol. The van der Waals surface area contributed by atoms with Gasteiger partial charge in [-0.15, -0.1) is 0 Å². The highest BCUT2D eigenvalue weighted by atomic mass is 32.2. The average molecular weight is 326 g/mol. The Bertz CT molecular complexity index is 629. The summed E-state index contributed by atoms with van der Waals surface area (Å²) in [6, 6.07) is 5.82. The molecule has 0 radical (unpaired) electrons. The van der Waals surface area contributed by atoms with Crippen molar-refractivity contribution < 1.29 is 17.9 Å². The number of amides is 1. The van der Waals surface area contributed by atoms with Crippen LogP contribution in [0.25, 0.3) is 0 Å². The van der Waals surface area contributed by atoms with Crippen molar-refractivity contribution >= 4 is 15.9 Å². The van der Waals surface area contributed by atoms with Gasteiger partial charge in [0.1, 0.15) is 5.75 Å². The summed E-state index contributed by atoms with van der Waals surface area (Å²) in [5.74, 6) is 0.563. The van der Waals surface area contributed by atoms with Gasteiger partial charge < -0.3 is 9.64 Å². The molecule has 0 unspecified atom stereocenters. The lowest BCUT2D eigenvalue weighted by Crippen LogP contribution is -2.51. The number of hydrogen-bond acceptors (Lipinski definition) is 4. The van der Waals surface area contributed by atoms with E-state index in [1.54, 1.807) is 4.90 Å². The van der Waals surface area contributed by atoms with Gasteiger partial charge in [0.15, 0.2) is 6.61 Å². The summed E-state index contributed by atoms with van der Waals surface area (Å²) in [7, 11) is -3.18. The summed E-state index contributed by atoms with van der Waals surface area (Å²) in [5.41, 5.74) is 2.17. The van der Waals surface area contributed by atoms with Crippen LogP contribution in [0.5, 0.6) is 5.75 Å². The number of piperazine rings is 1. The Morgan fingerprint density at radius 2 is 1.64 bits per heavy atom. The van der Waals surface area contributed by atoms with Crippen LogP contribution in [-0.2, 0) is 14.8 Å². The normalized spacial score (nSPS) is 16.6. The zero-order valence-corrected chi connectivity index (χ0v) is 14.0. The maximum atomic E-state index is 12.1. The first-order valence-corrected chi connectivity index (χ1v) is 9.04. The van der Waals surface area contributed by atoms with Crippen LogP contribution in [0.4, 0.5) is 0 Å². The molecule has 1 fully saturated rings. The Morgan fingerprint density at radius 3 is 2.14 bits per heavy atom. The van der Waals surface area contributed by atoms with Gasteiger partial charge in [0.05, 0.1) is 6.26 Å². The Morgan fingerprint density at radius 1 is 1.09 bits per heavy atom. The molecule has 1 aromatic carbocycles. The molecule has 1 aliphatic rings. The van der Waals surface area contributed by atoms with Gasteiger partial charge in [-0.1, -0.05) is 6.07 Å². The van der Waals surface area contributed by atoms with E-state index in [4.69, 9.17) is 4.74 Å². The molecule has 2 rings (SSSR count). The van der Waals surface area contributed by atoms with Crippen LogP contribution in [0, 0.1) is 13.8 Å². The molecule has 0 spiro atoms. The highest BCUT2D eigenvalue weighted by Crippen LogP contribution is 2.16. The molecule has 0 aromatic heterocycles. The zero-order valence-electron chi connectivity index (χ0n) is 13.2. The molecule has 1 aromatic rings. The Kier molecular flexibility index (Phi) is 5.08. The zero-order chi connectivity index (χ0) is 16.3. The number of ether oxygens (including phenoxy) is 1. The van der Waals surface area contributed by atoms with E-state index in [1.165, 1.54) is 10.6 Å². The molecule has 6 nitrogen and oxygen atoms in total. The number of carbonyl (C=O) groups excluding carboxylic acids is 1. The van der Waals surface area contributed by atoms with Gasteiger partial charge in [0, 0.05) is 26.2 Å². The largest absolute Gasteiger partial charge is 0.484 e. The molecule has 7 heteroatoms. The van der Waals surface area contributed by atoms with Crippen LogP contribution in [0.15, 0.2) is 18.2 Å². The van der Waals surface area contributed by atoms with Crippen LogP contribution in [0.3, 0.4) is 0 Å². The van der Waals surface area contributed by atoms with Crippen molar-refractivity contribution in [3.05, 3.63) is 29.3 Å². The highest BCUT2D eigenvalue weighted by Gasteiger charge is 2.26. The Labute approximate surface area is 131 Å². The third kappa shape index (κ3) is 4.45. The number of carbonyl (C=O) groups is 1. The maximum absolute atomic E-state index is 12.1. The van der Waals surface area contributed by atoms with Crippen molar-refractivity contribution in [2.75, 3.05) is 39.0 Å². The summed E-state index contributed by atoms with van der Waals surface area (Å²) in [4.78, 5) is 13.8. The smallest absolute Gasteiger partial charge is 0.260 e. The van der Waals surface area contributed by atoms with Crippen molar-refractivity contribution in [2.24, 2.45) is 0 Å². The highest BCUT2D eigenvalue weighted by molar-refractivity contribution is 7.88. The number of rotatable bonds is 4. The number of nitrogens with zero attached hydrogens (tertiary/aromatic N) is 2. The third-order valence-electron chi connectivity index (χ3n) is 3.62. The van der Waals surface area contributed by atoms with E-state index in [9.17, 15) is 13.2 Å². The minimum atomic E-state index is -3.18. The summed E-state index contributed by atoms with van der Waals surface area (Å²) in [5, 5.41) is 0. The van der Waals surface area contributed by atoms with E-state index in [0.29, 0.717) is 31.9 Å². The molecule has 1 aliphatic heterocycles. The molecular weight excluding hydrogens is 304 g/mol. The fourth-order valence-electron chi connectivity index (χ4n) is 2.52. The van der Waals surface area contributed by atoms with E-state index in [1.807, 2.05) is 32.0 Å². The van der Waals surface area contributed by atoms with Gasteiger partial charge in [-0.3, -0.25) is 4.79 Å². The molecule has 0 atom stereocenters. The average Bonchev–Trinajstić information content (AvgIpc) is 2.43. The van der Waals surface area contributed by atoms with Crippen LogP contribution in [0.2, 0.25) is 0 Å². The molecule has 122 valence electrons. The predicted octanol–water partition coefficient (Wildman–Crippen LogP) is 0.786. The SMILES string of the molecule is Cc1cc(C)cc(OCC(=O)N2CCN(S(C)(=O)=O)CC2)c1. The number of hydrogen-bond donors (Lipinski definition) is 0. The van der Waals surface area contributed by atoms with Crippen molar-refractivity contribution in [2.45, 2.75) is 13.8 Å². The van der Waals surface area contributed by atoms with Gasteiger partial charge in [-0.05, 0) is 37.1 Å². The van der Waals surface area contributed by atoms with Gasteiger partial charge in [-0.25, -0.2) is 8.42 Å². The summed E-state index contributed by atoms with van der Waals surface area (Å²) >= 11 is 0. The molecule has 0 N–H and O–H groups in total. The lowest BCUT2D eigenvalue weighted by atomic mass is 10.1.